The molecule has 10 nitrogen and oxygen atoms in total. The first-order chi connectivity index (χ1) is 12.8. The Kier molecular flexibility index (Phi) is 4.37. The number of rotatable bonds is 3. The van der Waals surface area contributed by atoms with Gasteiger partial charge in [-0.2, -0.15) is 4.68 Å². The third-order valence-electron chi connectivity index (χ3n) is 4.18. The van der Waals surface area contributed by atoms with Gasteiger partial charge in [-0.15, -0.1) is 5.10 Å². The fourth-order valence-corrected chi connectivity index (χ4v) is 2.84. The van der Waals surface area contributed by atoms with Gasteiger partial charge in [-0.25, -0.2) is 9.78 Å². The number of carbonyl (C=O) groups excluding carboxylic acids is 1. The second-order valence-electron chi connectivity index (χ2n) is 5.74. The summed E-state index contributed by atoms with van der Waals surface area (Å²) in [6, 6.07) is 7.24. The first kappa shape index (κ1) is 15.9. The van der Waals surface area contributed by atoms with Crippen molar-refractivity contribution in [3.8, 4) is 5.69 Å². The smallest absolute Gasteiger partial charge is 0.322 e. The number of amides is 2. The highest BCUT2D eigenvalue weighted by Crippen LogP contribution is 2.19. The topological polar surface area (TPSA) is 105 Å². The highest BCUT2D eigenvalue weighted by atomic mass is 16.2. The molecule has 0 bridgehead atoms. The van der Waals surface area contributed by atoms with Crippen LogP contribution in [0.1, 0.15) is 0 Å². The standard InChI is InChI=1S/C16H17N9O/c26-16(20-13-3-1-2-4-14(13)25-12-19-21-22-25)24-9-7-23(8-10-24)15-11-17-5-6-18-15/h1-6,11-12H,7-10H2,(H,20,26). The summed E-state index contributed by atoms with van der Waals surface area (Å²) in [4.78, 5) is 24.9. The molecule has 2 amide bonds. The van der Waals surface area contributed by atoms with Gasteiger partial charge in [-0.05, 0) is 22.6 Å². The maximum atomic E-state index is 12.6. The van der Waals surface area contributed by atoms with Crippen molar-refractivity contribution in [1.82, 2.24) is 35.1 Å². The lowest BCUT2D eigenvalue weighted by molar-refractivity contribution is 0.208. The first-order valence-electron chi connectivity index (χ1n) is 8.20. The molecule has 0 unspecified atom stereocenters. The molecule has 0 atom stereocenters. The van der Waals surface area contributed by atoms with Crippen molar-refractivity contribution in [3.05, 3.63) is 49.2 Å². The Morgan fingerprint density at radius 2 is 1.92 bits per heavy atom. The zero-order valence-corrected chi connectivity index (χ0v) is 13.9. The molecule has 1 N–H and O–H groups in total. The van der Waals surface area contributed by atoms with E-state index in [1.54, 1.807) is 23.5 Å². The number of nitrogens with zero attached hydrogens (tertiary/aromatic N) is 8. The summed E-state index contributed by atoms with van der Waals surface area (Å²) in [5.74, 6) is 0.830. The van der Waals surface area contributed by atoms with Gasteiger partial charge < -0.3 is 15.1 Å². The summed E-state index contributed by atoms with van der Waals surface area (Å²) >= 11 is 0. The highest BCUT2D eigenvalue weighted by Gasteiger charge is 2.22. The minimum Gasteiger partial charge on any atom is -0.352 e. The number of aromatic nitrogens is 6. The quantitative estimate of drug-likeness (QED) is 0.744. The zero-order valence-electron chi connectivity index (χ0n) is 13.9. The number of tetrazole rings is 1. The molecule has 0 spiro atoms. The van der Waals surface area contributed by atoms with Gasteiger partial charge >= 0.3 is 6.03 Å². The van der Waals surface area contributed by atoms with Crippen LogP contribution in [-0.4, -0.2) is 67.3 Å². The van der Waals surface area contributed by atoms with Crippen LogP contribution in [0.25, 0.3) is 5.69 Å². The summed E-state index contributed by atoms with van der Waals surface area (Å²) in [5, 5.41) is 14.1. The van der Waals surface area contributed by atoms with Gasteiger partial charge in [0.1, 0.15) is 12.1 Å². The molecule has 1 saturated heterocycles. The van der Waals surface area contributed by atoms with E-state index in [0.717, 1.165) is 5.82 Å². The Morgan fingerprint density at radius 3 is 2.65 bits per heavy atom. The number of carbonyl (C=O) groups is 1. The van der Waals surface area contributed by atoms with Crippen molar-refractivity contribution in [2.75, 3.05) is 36.4 Å². The molecule has 1 aromatic carbocycles. The van der Waals surface area contributed by atoms with E-state index in [1.165, 1.54) is 11.0 Å². The summed E-state index contributed by atoms with van der Waals surface area (Å²) < 4.78 is 1.52. The van der Waals surface area contributed by atoms with E-state index in [1.807, 2.05) is 24.3 Å². The molecule has 3 aromatic rings. The van der Waals surface area contributed by atoms with Crippen molar-refractivity contribution in [3.63, 3.8) is 0 Å². The van der Waals surface area contributed by atoms with Crippen LogP contribution in [0.4, 0.5) is 16.3 Å². The fraction of sp³-hybridized carbons (Fsp3) is 0.250. The summed E-state index contributed by atoms with van der Waals surface area (Å²) in [6.45, 7) is 2.63. The molecule has 0 aliphatic carbocycles. The molecule has 1 aliphatic heterocycles. The van der Waals surface area contributed by atoms with E-state index >= 15 is 0 Å². The molecule has 26 heavy (non-hydrogen) atoms. The molecular formula is C16H17N9O. The monoisotopic (exact) mass is 351 g/mol. The number of anilines is 2. The Bertz CT molecular complexity index is 860. The van der Waals surface area contributed by atoms with E-state index in [4.69, 9.17) is 0 Å². The van der Waals surface area contributed by atoms with Gasteiger partial charge in [0.15, 0.2) is 0 Å². The van der Waals surface area contributed by atoms with Crippen molar-refractivity contribution < 1.29 is 4.79 Å². The van der Waals surface area contributed by atoms with Gasteiger partial charge in [0.25, 0.3) is 0 Å². The van der Waals surface area contributed by atoms with Crippen molar-refractivity contribution >= 4 is 17.5 Å². The lowest BCUT2D eigenvalue weighted by Gasteiger charge is -2.35. The highest BCUT2D eigenvalue weighted by molar-refractivity contribution is 5.91. The summed E-state index contributed by atoms with van der Waals surface area (Å²) in [6.07, 6.45) is 6.54. The van der Waals surface area contributed by atoms with Gasteiger partial charge in [0.2, 0.25) is 0 Å². The fourth-order valence-electron chi connectivity index (χ4n) is 2.84. The summed E-state index contributed by atoms with van der Waals surface area (Å²) in [5.41, 5.74) is 1.37. The lowest BCUT2D eigenvalue weighted by atomic mass is 10.2. The van der Waals surface area contributed by atoms with E-state index in [2.05, 4.69) is 35.7 Å². The van der Waals surface area contributed by atoms with E-state index < -0.39 is 0 Å². The van der Waals surface area contributed by atoms with Crippen LogP contribution in [0.15, 0.2) is 49.2 Å². The van der Waals surface area contributed by atoms with Crippen LogP contribution in [0.3, 0.4) is 0 Å². The molecule has 10 heteroatoms. The molecule has 0 saturated carbocycles. The SMILES string of the molecule is O=C(Nc1ccccc1-n1cnnn1)N1CCN(c2cnccn2)CC1. The number of hydrogen-bond donors (Lipinski definition) is 1. The maximum Gasteiger partial charge on any atom is 0.322 e. The van der Waals surface area contributed by atoms with Gasteiger partial charge in [-0.3, -0.25) is 4.98 Å². The van der Waals surface area contributed by atoms with E-state index in [9.17, 15) is 4.79 Å². The Labute approximate surface area is 149 Å². The largest absolute Gasteiger partial charge is 0.352 e. The minimum absolute atomic E-state index is 0.149. The molecule has 1 aliphatic rings. The predicted octanol–water partition coefficient (Wildman–Crippen LogP) is 0.806. The predicted molar refractivity (Wildman–Crippen MR) is 94.0 cm³/mol. The Morgan fingerprint density at radius 1 is 1.08 bits per heavy atom. The van der Waals surface area contributed by atoms with Gasteiger partial charge in [0, 0.05) is 38.6 Å². The molecule has 1 fully saturated rings. The Hall–Kier alpha value is -3.56. The van der Waals surface area contributed by atoms with Crippen LogP contribution in [0.5, 0.6) is 0 Å². The second kappa shape index (κ2) is 7.13. The van der Waals surface area contributed by atoms with Crippen LogP contribution >= 0.6 is 0 Å². The van der Waals surface area contributed by atoms with Crippen LogP contribution in [0.2, 0.25) is 0 Å². The number of benzene rings is 1. The van der Waals surface area contributed by atoms with E-state index in [-0.39, 0.29) is 6.03 Å². The van der Waals surface area contributed by atoms with Crippen LogP contribution in [0, 0.1) is 0 Å². The zero-order chi connectivity index (χ0) is 17.8. The van der Waals surface area contributed by atoms with E-state index in [0.29, 0.717) is 37.6 Å². The molecule has 2 aromatic heterocycles. The number of piperazine rings is 1. The molecule has 3 heterocycles. The molecule has 132 valence electrons. The first-order valence-corrected chi connectivity index (χ1v) is 8.20. The average molecular weight is 351 g/mol. The molecule has 0 radical (unpaired) electrons. The normalized spacial score (nSPS) is 14.3. The minimum atomic E-state index is -0.149. The third-order valence-corrected chi connectivity index (χ3v) is 4.18. The average Bonchev–Trinajstić information content (AvgIpc) is 3.24. The lowest BCUT2D eigenvalue weighted by Crippen LogP contribution is -2.50. The number of urea groups is 1. The van der Waals surface area contributed by atoms with Crippen molar-refractivity contribution in [2.24, 2.45) is 0 Å². The number of nitrogens with one attached hydrogen (secondary N) is 1. The molecular weight excluding hydrogens is 334 g/mol. The second-order valence-corrected chi connectivity index (χ2v) is 5.74. The molecule has 4 rings (SSSR count). The van der Waals surface area contributed by atoms with Gasteiger partial charge in [-0.1, -0.05) is 12.1 Å². The van der Waals surface area contributed by atoms with Crippen LogP contribution in [-0.2, 0) is 0 Å². The number of para-hydroxylation sites is 2. The Balaban J connectivity index is 1.41. The van der Waals surface area contributed by atoms with Gasteiger partial charge in [0.05, 0.1) is 17.6 Å². The number of hydrogen-bond acceptors (Lipinski definition) is 7. The third kappa shape index (κ3) is 3.29. The van der Waals surface area contributed by atoms with Crippen molar-refractivity contribution in [1.29, 1.82) is 0 Å². The summed E-state index contributed by atoms with van der Waals surface area (Å²) in [7, 11) is 0. The maximum absolute atomic E-state index is 12.6. The van der Waals surface area contributed by atoms with Crippen LogP contribution < -0.4 is 10.2 Å². The van der Waals surface area contributed by atoms with Crippen molar-refractivity contribution in [2.45, 2.75) is 0 Å².